The van der Waals surface area contributed by atoms with E-state index in [1.165, 1.54) is 0 Å². The molecule has 0 unspecified atom stereocenters. The van der Waals surface area contributed by atoms with Gasteiger partial charge in [-0.25, -0.2) is 0 Å². The molecule has 1 heterocycles. The zero-order chi connectivity index (χ0) is 11.3. The van der Waals surface area contributed by atoms with Crippen LogP contribution in [0.4, 0.5) is 0 Å². The third kappa shape index (κ3) is 3.53. The maximum absolute atomic E-state index is 11.5. The first-order valence-corrected chi connectivity index (χ1v) is 5.73. The van der Waals surface area contributed by atoms with E-state index < -0.39 is 0 Å². The van der Waals surface area contributed by atoms with Crippen LogP contribution in [0.3, 0.4) is 0 Å². The van der Waals surface area contributed by atoms with Crippen LogP contribution in [-0.2, 0) is 9.59 Å². The minimum absolute atomic E-state index is 0.234. The van der Waals surface area contributed by atoms with Crippen LogP contribution in [0.5, 0.6) is 0 Å². The van der Waals surface area contributed by atoms with Crippen molar-refractivity contribution < 1.29 is 9.59 Å². The largest absolute Gasteiger partial charge is 0.370 e. The Hall–Kier alpha value is -1.06. The minimum atomic E-state index is -0.273. The fourth-order valence-electron chi connectivity index (χ4n) is 2.04. The molecular weight excluding hydrogens is 192 g/mol. The maximum atomic E-state index is 11.5. The summed E-state index contributed by atoms with van der Waals surface area (Å²) in [5, 5.41) is 0. The van der Waals surface area contributed by atoms with Gasteiger partial charge in [-0.2, -0.15) is 0 Å². The molecule has 1 saturated heterocycles. The zero-order valence-electron chi connectivity index (χ0n) is 9.37. The monoisotopic (exact) mass is 212 g/mol. The van der Waals surface area contributed by atoms with Gasteiger partial charge >= 0.3 is 0 Å². The fourth-order valence-corrected chi connectivity index (χ4v) is 2.04. The third-order valence-corrected chi connectivity index (χ3v) is 2.93. The topological polar surface area (TPSA) is 63.4 Å². The molecule has 2 amide bonds. The summed E-state index contributed by atoms with van der Waals surface area (Å²) >= 11 is 0. The molecule has 4 nitrogen and oxygen atoms in total. The molecule has 0 aromatic rings. The number of amides is 2. The molecule has 0 saturated carbocycles. The highest BCUT2D eigenvalue weighted by Gasteiger charge is 2.29. The van der Waals surface area contributed by atoms with E-state index in [9.17, 15) is 9.59 Å². The Balaban J connectivity index is 2.40. The highest BCUT2D eigenvalue weighted by atomic mass is 16.2. The first-order chi connectivity index (χ1) is 7.15. The SMILES string of the molecule is CCCCN1C(=O)CC[C@H]1CCC(N)=O. The molecule has 0 bridgehead atoms. The summed E-state index contributed by atoms with van der Waals surface area (Å²) in [5.41, 5.74) is 5.11. The fraction of sp³-hybridized carbons (Fsp3) is 0.818. The van der Waals surface area contributed by atoms with Gasteiger partial charge in [0.1, 0.15) is 0 Å². The van der Waals surface area contributed by atoms with E-state index in [1.807, 2.05) is 4.90 Å². The number of rotatable bonds is 6. The maximum Gasteiger partial charge on any atom is 0.222 e. The molecule has 0 aromatic heterocycles. The smallest absolute Gasteiger partial charge is 0.222 e. The van der Waals surface area contributed by atoms with Crippen LogP contribution in [0.25, 0.3) is 0 Å². The highest BCUT2D eigenvalue weighted by molar-refractivity contribution is 5.79. The van der Waals surface area contributed by atoms with Crippen molar-refractivity contribution in [3.63, 3.8) is 0 Å². The Kier molecular flexibility index (Phi) is 4.59. The van der Waals surface area contributed by atoms with Gasteiger partial charge in [0.2, 0.25) is 11.8 Å². The lowest BCUT2D eigenvalue weighted by atomic mass is 10.1. The van der Waals surface area contributed by atoms with Gasteiger partial charge in [0.25, 0.3) is 0 Å². The van der Waals surface area contributed by atoms with E-state index in [0.29, 0.717) is 12.8 Å². The Bertz CT molecular complexity index is 241. The van der Waals surface area contributed by atoms with Crippen molar-refractivity contribution in [2.24, 2.45) is 5.73 Å². The van der Waals surface area contributed by atoms with Crippen molar-refractivity contribution >= 4 is 11.8 Å². The predicted molar refractivity (Wildman–Crippen MR) is 58.1 cm³/mol. The van der Waals surface area contributed by atoms with Crippen LogP contribution < -0.4 is 5.73 Å². The number of likely N-dealkylation sites (tertiary alicyclic amines) is 1. The van der Waals surface area contributed by atoms with E-state index in [-0.39, 0.29) is 17.9 Å². The molecule has 1 fully saturated rings. The van der Waals surface area contributed by atoms with Crippen LogP contribution >= 0.6 is 0 Å². The van der Waals surface area contributed by atoms with Gasteiger partial charge in [0, 0.05) is 25.4 Å². The Morgan fingerprint density at radius 2 is 2.33 bits per heavy atom. The van der Waals surface area contributed by atoms with Crippen LogP contribution in [-0.4, -0.2) is 29.3 Å². The normalized spacial score (nSPS) is 21.0. The van der Waals surface area contributed by atoms with Gasteiger partial charge in [0.15, 0.2) is 0 Å². The Labute approximate surface area is 90.8 Å². The number of nitrogens with two attached hydrogens (primary N) is 1. The number of primary amides is 1. The van der Waals surface area contributed by atoms with E-state index in [2.05, 4.69) is 6.92 Å². The highest BCUT2D eigenvalue weighted by Crippen LogP contribution is 2.22. The molecule has 0 aliphatic carbocycles. The molecule has 0 aromatic carbocycles. The second-order valence-corrected chi connectivity index (χ2v) is 4.14. The number of unbranched alkanes of at least 4 members (excludes halogenated alkanes) is 1. The standard InChI is InChI=1S/C11H20N2O2/c1-2-3-8-13-9(4-6-10(12)14)5-7-11(13)15/h9H,2-8H2,1H3,(H2,12,14)/t9-/m1/s1. The van der Waals surface area contributed by atoms with Gasteiger partial charge in [-0.3, -0.25) is 9.59 Å². The molecular formula is C11H20N2O2. The summed E-state index contributed by atoms with van der Waals surface area (Å²) in [7, 11) is 0. The summed E-state index contributed by atoms with van der Waals surface area (Å²) in [4.78, 5) is 24.1. The summed E-state index contributed by atoms with van der Waals surface area (Å²) < 4.78 is 0. The van der Waals surface area contributed by atoms with E-state index in [0.717, 1.165) is 32.2 Å². The third-order valence-electron chi connectivity index (χ3n) is 2.93. The molecule has 15 heavy (non-hydrogen) atoms. The summed E-state index contributed by atoms with van der Waals surface area (Å²) in [6.45, 7) is 2.94. The van der Waals surface area contributed by atoms with Crippen molar-refractivity contribution in [3.05, 3.63) is 0 Å². The van der Waals surface area contributed by atoms with Crippen molar-refractivity contribution in [2.45, 2.75) is 51.5 Å². The van der Waals surface area contributed by atoms with Crippen LogP contribution in [0.2, 0.25) is 0 Å². The molecule has 0 radical (unpaired) electrons. The lowest BCUT2D eigenvalue weighted by Crippen LogP contribution is -2.34. The van der Waals surface area contributed by atoms with Gasteiger partial charge in [-0.1, -0.05) is 13.3 Å². The first kappa shape index (κ1) is 12.0. The van der Waals surface area contributed by atoms with Crippen molar-refractivity contribution in [3.8, 4) is 0 Å². The number of carbonyl (C=O) groups is 2. The first-order valence-electron chi connectivity index (χ1n) is 5.73. The number of nitrogens with zero attached hydrogens (tertiary/aromatic N) is 1. The van der Waals surface area contributed by atoms with Crippen molar-refractivity contribution in [2.75, 3.05) is 6.54 Å². The quantitative estimate of drug-likeness (QED) is 0.715. The summed E-state index contributed by atoms with van der Waals surface area (Å²) in [6.07, 6.45) is 4.76. The molecule has 0 spiro atoms. The lowest BCUT2D eigenvalue weighted by Gasteiger charge is -2.24. The van der Waals surface area contributed by atoms with Crippen LogP contribution in [0.1, 0.15) is 45.4 Å². The predicted octanol–water partition coefficient (Wildman–Crippen LogP) is 1.04. The molecule has 2 N–H and O–H groups in total. The second-order valence-electron chi connectivity index (χ2n) is 4.14. The van der Waals surface area contributed by atoms with Gasteiger partial charge < -0.3 is 10.6 Å². The van der Waals surface area contributed by atoms with Gasteiger partial charge in [0.05, 0.1) is 0 Å². The summed E-state index contributed by atoms with van der Waals surface area (Å²) in [6, 6.07) is 0.247. The van der Waals surface area contributed by atoms with Crippen molar-refractivity contribution in [1.82, 2.24) is 4.90 Å². The van der Waals surface area contributed by atoms with Crippen LogP contribution in [0.15, 0.2) is 0 Å². The zero-order valence-corrected chi connectivity index (χ0v) is 9.37. The number of carbonyl (C=O) groups excluding carboxylic acids is 2. The average molecular weight is 212 g/mol. The van der Waals surface area contributed by atoms with E-state index in [4.69, 9.17) is 5.73 Å². The van der Waals surface area contributed by atoms with E-state index in [1.54, 1.807) is 0 Å². The second kappa shape index (κ2) is 5.73. The Morgan fingerprint density at radius 3 is 2.93 bits per heavy atom. The van der Waals surface area contributed by atoms with E-state index >= 15 is 0 Å². The van der Waals surface area contributed by atoms with Gasteiger partial charge in [-0.15, -0.1) is 0 Å². The van der Waals surface area contributed by atoms with Gasteiger partial charge in [-0.05, 0) is 19.3 Å². The summed E-state index contributed by atoms with van der Waals surface area (Å²) in [5.74, 6) is -0.0392. The number of hydrogen-bond acceptors (Lipinski definition) is 2. The molecule has 1 aliphatic rings. The minimum Gasteiger partial charge on any atom is -0.370 e. The Morgan fingerprint density at radius 1 is 1.60 bits per heavy atom. The molecule has 4 heteroatoms. The lowest BCUT2D eigenvalue weighted by molar-refractivity contribution is -0.129. The molecule has 1 rings (SSSR count). The van der Waals surface area contributed by atoms with Crippen molar-refractivity contribution in [1.29, 1.82) is 0 Å². The average Bonchev–Trinajstić information content (AvgIpc) is 2.53. The number of hydrogen-bond donors (Lipinski definition) is 1. The molecule has 1 aliphatic heterocycles. The molecule has 1 atom stereocenters. The van der Waals surface area contributed by atoms with Crippen LogP contribution in [0, 0.1) is 0 Å². The molecule has 86 valence electrons.